The quantitative estimate of drug-likeness (QED) is 0.680. The summed E-state index contributed by atoms with van der Waals surface area (Å²) in [6, 6.07) is 7.05. The van der Waals surface area contributed by atoms with Crippen molar-refractivity contribution in [2.24, 2.45) is 5.18 Å². The zero-order valence-electron chi connectivity index (χ0n) is 7.60. The van der Waals surface area contributed by atoms with Crippen molar-refractivity contribution in [3.63, 3.8) is 0 Å². The molecule has 1 aromatic carbocycles. The van der Waals surface area contributed by atoms with Crippen LogP contribution in [0.3, 0.4) is 0 Å². The van der Waals surface area contributed by atoms with E-state index in [1.165, 1.54) is 0 Å². The van der Waals surface area contributed by atoms with Gasteiger partial charge >= 0.3 is 0 Å². The average molecular weight is 188 g/mol. The fourth-order valence-electron chi connectivity index (χ4n) is 1.33. The molecule has 0 fully saturated rings. The first-order valence-electron chi connectivity index (χ1n) is 4.11. The number of nitrogens with zero attached hydrogens (tertiary/aromatic N) is 2. The molecule has 0 aliphatic heterocycles. The molecule has 0 radical (unpaired) electrons. The maximum Gasteiger partial charge on any atom is 0.137 e. The predicted molar refractivity (Wildman–Crippen MR) is 53.8 cm³/mol. The van der Waals surface area contributed by atoms with Gasteiger partial charge in [-0.25, -0.2) is 0 Å². The summed E-state index contributed by atoms with van der Waals surface area (Å²) in [6.45, 7) is 0. The lowest BCUT2D eigenvalue weighted by Gasteiger charge is -2.02. The summed E-state index contributed by atoms with van der Waals surface area (Å²) in [6.07, 6.45) is 1.63. The van der Waals surface area contributed by atoms with Crippen LogP contribution in [0, 0.1) is 4.91 Å². The van der Waals surface area contributed by atoms with Crippen LogP contribution in [0.1, 0.15) is 0 Å². The summed E-state index contributed by atoms with van der Waals surface area (Å²) in [4.78, 5) is 14.6. The zero-order chi connectivity index (χ0) is 9.97. The maximum atomic E-state index is 10.5. The monoisotopic (exact) mass is 188 g/mol. The van der Waals surface area contributed by atoms with Gasteiger partial charge in [0.1, 0.15) is 11.4 Å². The third-order valence-corrected chi connectivity index (χ3v) is 1.99. The second kappa shape index (κ2) is 3.41. The SMILES string of the molecule is COc1cc(N=O)c2ncccc2c1. The molecule has 4 nitrogen and oxygen atoms in total. The molecule has 0 atom stereocenters. The number of methoxy groups -OCH3 is 1. The molecule has 0 unspecified atom stereocenters. The van der Waals surface area contributed by atoms with Gasteiger partial charge < -0.3 is 4.74 Å². The fraction of sp³-hybridized carbons (Fsp3) is 0.100. The van der Waals surface area contributed by atoms with Gasteiger partial charge in [-0.05, 0) is 17.3 Å². The van der Waals surface area contributed by atoms with E-state index in [1.807, 2.05) is 12.1 Å². The number of ether oxygens (including phenoxy) is 1. The summed E-state index contributed by atoms with van der Waals surface area (Å²) in [5, 5.41) is 3.76. The molecule has 0 spiro atoms. The molecule has 4 heteroatoms. The lowest BCUT2D eigenvalue weighted by Crippen LogP contribution is -1.84. The van der Waals surface area contributed by atoms with Crippen molar-refractivity contribution in [3.8, 4) is 5.75 Å². The second-order valence-corrected chi connectivity index (χ2v) is 2.81. The van der Waals surface area contributed by atoms with Crippen molar-refractivity contribution in [2.75, 3.05) is 7.11 Å². The number of hydrogen-bond acceptors (Lipinski definition) is 4. The molecule has 0 N–H and O–H groups in total. The molecule has 1 heterocycles. The highest BCUT2D eigenvalue weighted by Crippen LogP contribution is 2.29. The lowest BCUT2D eigenvalue weighted by atomic mass is 10.2. The Hall–Kier alpha value is -1.97. The summed E-state index contributed by atoms with van der Waals surface area (Å²) in [7, 11) is 1.55. The number of benzene rings is 1. The molecule has 0 bridgehead atoms. The zero-order valence-corrected chi connectivity index (χ0v) is 7.60. The van der Waals surface area contributed by atoms with Crippen LogP contribution in [0.15, 0.2) is 35.6 Å². The Morgan fingerprint density at radius 2 is 2.29 bits per heavy atom. The van der Waals surface area contributed by atoms with Crippen LogP contribution in [0.5, 0.6) is 5.75 Å². The summed E-state index contributed by atoms with van der Waals surface area (Å²) < 4.78 is 5.04. The number of rotatable bonds is 2. The number of aromatic nitrogens is 1. The van der Waals surface area contributed by atoms with Gasteiger partial charge in [-0.15, -0.1) is 4.91 Å². The first-order valence-corrected chi connectivity index (χ1v) is 4.11. The van der Waals surface area contributed by atoms with Crippen molar-refractivity contribution in [2.45, 2.75) is 0 Å². The summed E-state index contributed by atoms with van der Waals surface area (Å²) in [5.74, 6) is 0.611. The van der Waals surface area contributed by atoms with Gasteiger partial charge in [0.25, 0.3) is 0 Å². The third kappa shape index (κ3) is 1.31. The number of fused-ring (bicyclic) bond motifs is 1. The number of nitroso groups, excluding NO2 is 1. The predicted octanol–water partition coefficient (Wildman–Crippen LogP) is 2.64. The smallest absolute Gasteiger partial charge is 0.137 e. The van der Waals surface area contributed by atoms with Crippen molar-refractivity contribution >= 4 is 16.6 Å². The second-order valence-electron chi connectivity index (χ2n) is 2.81. The van der Waals surface area contributed by atoms with E-state index in [-0.39, 0.29) is 0 Å². The van der Waals surface area contributed by atoms with Crippen LogP contribution in [-0.2, 0) is 0 Å². The highest BCUT2D eigenvalue weighted by atomic mass is 16.5. The van der Waals surface area contributed by atoms with E-state index in [2.05, 4.69) is 10.2 Å². The Morgan fingerprint density at radius 3 is 3.00 bits per heavy atom. The number of hydrogen-bond donors (Lipinski definition) is 0. The van der Waals surface area contributed by atoms with E-state index in [0.29, 0.717) is 17.0 Å². The van der Waals surface area contributed by atoms with Crippen molar-refractivity contribution in [1.29, 1.82) is 0 Å². The van der Waals surface area contributed by atoms with Gasteiger partial charge in [0, 0.05) is 17.6 Å². The minimum absolute atomic E-state index is 0.306. The Kier molecular flexibility index (Phi) is 2.10. The Bertz CT molecular complexity index is 483. The van der Waals surface area contributed by atoms with E-state index >= 15 is 0 Å². The van der Waals surface area contributed by atoms with Crippen LogP contribution < -0.4 is 4.74 Å². The first-order chi connectivity index (χ1) is 6.85. The van der Waals surface area contributed by atoms with E-state index in [1.54, 1.807) is 25.4 Å². The van der Waals surface area contributed by atoms with Crippen LogP contribution >= 0.6 is 0 Å². The van der Waals surface area contributed by atoms with Gasteiger partial charge in [0.15, 0.2) is 0 Å². The summed E-state index contributed by atoms with van der Waals surface area (Å²) in [5.41, 5.74) is 0.906. The van der Waals surface area contributed by atoms with E-state index in [4.69, 9.17) is 4.74 Å². The van der Waals surface area contributed by atoms with Crippen molar-refractivity contribution in [1.82, 2.24) is 4.98 Å². The van der Waals surface area contributed by atoms with Crippen LogP contribution in [-0.4, -0.2) is 12.1 Å². The fourth-order valence-corrected chi connectivity index (χ4v) is 1.33. The summed E-state index contributed by atoms with van der Waals surface area (Å²) >= 11 is 0. The first kappa shape index (κ1) is 8.62. The Labute approximate surface area is 80.5 Å². The molecule has 0 aliphatic rings. The highest BCUT2D eigenvalue weighted by Gasteiger charge is 2.05. The molecular weight excluding hydrogens is 180 g/mol. The van der Waals surface area contributed by atoms with E-state index in [9.17, 15) is 4.91 Å². The van der Waals surface area contributed by atoms with Crippen LogP contribution in [0.4, 0.5) is 5.69 Å². The number of pyridine rings is 1. The van der Waals surface area contributed by atoms with Gasteiger partial charge in [-0.1, -0.05) is 6.07 Å². The van der Waals surface area contributed by atoms with Crippen LogP contribution in [0.2, 0.25) is 0 Å². The molecule has 0 saturated carbocycles. The van der Waals surface area contributed by atoms with E-state index < -0.39 is 0 Å². The topological polar surface area (TPSA) is 51.5 Å². The molecule has 2 rings (SSSR count). The highest BCUT2D eigenvalue weighted by molar-refractivity contribution is 5.90. The van der Waals surface area contributed by atoms with Gasteiger partial charge in [-0.2, -0.15) is 0 Å². The minimum atomic E-state index is 0.306. The van der Waals surface area contributed by atoms with Crippen molar-refractivity contribution < 1.29 is 4.74 Å². The van der Waals surface area contributed by atoms with Gasteiger partial charge in [0.05, 0.1) is 12.6 Å². The molecular formula is C10H8N2O2. The molecule has 0 amide bonds. The molecule has 0 aliphatic carbocycles. The maximum absolute atomic E-state index is 10.5. The Balaban J connectivity index is 2.79. The van der Waals surface area contributed by atoms with Crippen LogP contribution in [0.25, 0.3) is 10.9 Å². The lowest BCUT2D eigenvalue weighted by molar-refractivity contribution is 0.415. The van der Waals surface area contributed by atoms with E-state index in [0.717, 1.165) is 5.39 Å². The molecule has 14 heavy (non-hydrogen) atoms. The Morgan fingerprint density at radius 1 is 1.43 bits per heavy atom. The molecule has 1 aromatic heterocycles. The largest absolute Gasteiger partial charge is 0.497 e. The van der Waals surface area contributed by atoms with Gasteiger partial charge in [-0.3, -0.25) is 4.98 Å². The molecule has 0 saturated heterocycles. The molecule has 2 aromatic rings. The molecule has 70 valence electrons. The standard InChI is InChI=1S/C10H8N2O2/c1-14-8-5-7-3-2-4-11-10(7)9(6-8)12-13/h2-6H,1H3. The van der Waals surface area contributed by atoms with Gasteiger partial charge in [0.2, 0.25) is 0 Å². The third-order valence-electron chi connectivity index (χ3n) is 1.99. The van der Waals surface area contributed by atoms with Crippen molar-refractivity contribution in [3.05, 3.63) is 35.4 Å². The minimum Gasteiger partial charge on any atom is -0.497 e. The average Bonchev–Trinajstić information content (AvgIpc) is 2.27. The normalized spacial score (nSPS) is 10.1.